The van der Waals surface area contributed by atoms with Crippen molar-refractivity contribution in [2.45, 2.75) is 4.90 Å². The highest BCUT2D eigenvalue weighted by molar-refractivity contribution is 7.94. The van der Waals surface area contributed by atoms with Crippen molar-refractivity contribution >= 4 is 12.1 Å². The van der Waals surface area contributed by atoms with E-state index in [2.05, 4.69) is 6.07 Å². The van der Waals surface area contributed by atoms with E-state index in [4.69, 9.17) is 0 Å². The van der Waals surface area contributed by atoms with Crippen LogP contribution in [0.2, 0.25) is 0 Å². The van der Waals surface area contributed by atoms with E-state index in [1.165, 1.54) is 0 Å². The molecular weight excluding hydrogens is 123 g/mol. The van der Waals surface area contributed by atoms with Gasteiger partial charge in [-0.3, -0.25) is 0 Å². The van der Waals surface area contributed by atoms with Crippen molar-refractivity contribution in [1.29, 1.82) is 0 Å². The van der Waals surface area contributed by atoms with Crippen LogP contribution in [0.15, 0.2) is 29.2 Å². The minimum Gasteiger partial charge on any atom is -0.160 e. The molecular formula is C6H4FS. The Morgan fingerprint density at radius 3 is 2.75 bits per heavy atom. The van der Waals surface area contributed by atoms with Crippen molar-refractivity contribution in [2.75, 3.05) is 0 Å². The first kappa shape index (κ1) is 5.63. The van der Waals surface area contributed by atoms with Crippen molar-refractivity contribution in [1.82, 2.24) is 0 Å². The Labute approximate surface area is 52.0 Å². The van der Waals surface area contributed by atoms with Crippen molar-refractivity contribution < 1.29 is 3.89 Å². The van der Waals surface area contributed by atoms with Gasteiger partial charge in [0.05, 0.1) is 12.1 Å². The molecule has 0 unspecified atom stereocenters. The Bertz CT molecular complexity index is 150. The second kappa shape index (κ2) is 2.72. The molecule has 0 saturated heterocycles. The quantitative estimate of drug-likeness (QED) is 0.558. The van der Waals surface area contributed by atoms with Gasteiger partial charge >= 0.3 is 0 Å². The fraction of sp³-hybridized carbons (Fsp3) is 0. The van der Waals surface area contributed by atoms with E-state index in [1.807, 2.05) is 0 Å². The summed E-state index contributed by atoms with van der Waals surface area (Å²) in [6.45, 7) is 0. The Hall–Kier alpha value is -0.500. The smallest absolute Gasteiger partial charge is 0.0818 e. The molecule has 0 saturated carbocycles. The Kier molecular flexibility index (Phi) is 1.92. The molecule has 2 heteroatoms. The highest BCUT2D eigenvalue weighted by atomic mass is 32.2. The molecule has 1 aromatic rings. The minimum absolute atomic E-state index is 0.213. The first-order chi connectivity index (χ1) is 3.93. The highest BCUT2D eigenvalue weighted by Gasteiger charge is 1.85. The molecule has 0 N–H and O–H groups in total. The van der Waals surface area contributed by atoms with Crippen LogP contribution >= 0.6 is 12.1 Å². The summed E-state index contributed by atoms with van der Waals surface area (Å²) in [7, 11) is 0. The Morgan fingerprint density at radius 2 is 2.38 bits per heavy atom. The van der Waals surface area contributed by atoms with Crippen LogP contribution in [0.5, 0.6) is 0 Å². The molecule has 0 bridgehead atoms. The van der Waals surface area contributed by atoms with E-state index in [9.17, 15) is 3.89 Å². The van der Waals surface area contributed by atoms with Gasteiger partial charge in [0.25, 0.3) is 0 Å². The maximum Gasteiger partial charge on any atom is 0.0818 e. The van der Waals surface area contributed by atoms with Gasteiger partial charge < -0.3 is 0 Å². The Balaban J connectivity index is 2.83. The van der Waals surface area contributed by atoms with Gasteiger partial charge in [-0.1, -0.05) is 18.2 Å². The maximum absolute atomic E-state index is 11.6. The van der Waals surface area contributed by atoms with Crippen LogP contribution in [0.3, 0.4) is 0 Å². The second-order valence-electron chi connectivity index (χ2n) is 1.30. The van der Waals surface area contributed by atoms with Gasteiger partial charge in [0.2, 0.25) is 0 Å². The van der Waals surface area contributed by atoms with Gasteiger partial charge in [0, 0.05) is 4.90 Å². The molecule has 0 spiro atoms. The first-order valence-corrected chi connectivity index (χ1v) is 2.90. The lowest BCUT2D eigenvalue weighted by Gasteiger charge is -1.84. The van der Waals surface area contributed by atoms with Crippen molar-refractivity contribution in [3.8, 4) is 0 Å². The summed E-state index contributed by atoms with van der Waals surface area (Å²) >= 11 is 0.213. The van der Waals surface area contributed by atoms with Crippen molar-refractivity contribution in [3.05, 3.63) is 30.3 Å². The van der Waals surface area contributed by atoms with E-state index >= 15 is 0 Å². The number of hydrogen-bond acceptors (Lipinski definition) is 1. The molecule has 0 atom stereocenters. The highest BCUT2D eigenvalue weighted by Crippen LogP contribution is 2.15. The SMILES string of the molecule is FSc1[c]cccc1. The predicted molar refractivity (Wildman–Crippen MR) is 32.2 cm³/mol. The third-order valence-corrected chi connectivity index (χ3v) is 1.18. The topological polar surface area (TPSA) is 0 Å². The Morgan fingerprint density at radius 1 is 1.50 bits per heavy atom. The zero-order chi connectivity index (χ0) is 5.82. The van der Waals surface area contributed by atoms with Gasteiger partial charge in [0.1, 0.15) is 0 Å². The molecule has 0 fully saturated rings. The zero-order valence-electron chi connectivity index (χ0n) is 4.10. The lowest BCUT2D eigenvalue weighted by molar-refractivity contribution is 0.934. The lowest BCUT2D eigenvalue weighted by atomic mass is 10.4. The van der Waals surface area contributed by atoms with Crippen LogP contribution in [-0.4, -0.2) is 0 Å². The van der Waals surface area contributed by atoms with Crippen LogP contribution in [0.1, 0.15) is 0 Å². The summed E-state index contributed by atoms with van der Waals surface area (Å²) in [5, 5.41) is 0. The maximum atomic E-state index is 11.6. The molecule has 0 heterocycles. The molecule has 0 aliphatic rings. The molecule has 41 valence electrons. The van der Waals surface area contributed by atoms with E-state index < -0.39 is 0 Å². The van der Waals surface area contributed by atoms with Gasteiger partial charge in [-0.15, -0.1) is 0 Å². The largest absolute Gasteiger partial charge is 0.160 e. The number of benzene rings is 1. The molecule has 1 radical (unpaired) electrons. The average molecular weight is 127 g/mol. The van der Waals surface area contributed by atoms with Gasteiger partial charge in [0.15, 0.2) is 0 Å². The molecule has 0 aromatic heterocycles. The first-order valence-electron chi connectivity index (χ1n) is 2.19. The van der Waals surface area contributed by atoms with Crippen LogP contribution in [-0.2, 0) is 0 Å². The van der Waals surface area contributed by atoms with Crippen LogP contribution < -0.4 is 0 Å². The average Bonchev–Trinajstić information content (AvgIpc) is 1.90. The summed E-state index contributed by atoms with van der Waals surface area (Å²) in [5.41, 5.74) is 0. The molecule has 1 rings (SSSR count). The van der Waals surface area contributed by atoms with Crippen LogP contribution in [0.4, 0.5) is 3.89 Å². The van der Waals surface area contributed by atoms with Gasteiger partial charge in [-0.2, -0.15) is 3.89 Å². The fourth-order valence-corrected chi connectivity index (χ4v) is 0.667. The van der Waals surface area contributed by atoms with E-state index in [-0.39, 0.29) is 12.1 Å². The second-order valence-corrected chi connectivity index (χ2v) is 1.90. The number of halogens is 1. The fourth-order valence-electron chi connectivity index (χ4n) is 0.425. The molecule has 8 heavy (non-hydrogen) atoms. The molecule has 0 nitrogen and oxygen atoms in total. The number of hydrogen-bond donors (Lipinski definition) is 0. The molecule has 1 aromatic carbocycles. The van der Waals surface area contributed by atoms with E-state index in [0.717, 1.165) is 0 Å². The summed E-state index contributed by atoms with van der Waals surface area (Å²) in [6, 6.07) is 9.64. The third kappa shape index (κ3) is 1.23. The van der Waals surface area contributed by atoms with Crippen LogP contribution in [0, 0.1) is 6.07 Å². The zero-order valence-corrected chi connectivity index (χ0v) is 4.91. The van der Waals surface area contributed by atoms with E-state index in [1.54, 1.807) is 24.3 Å². The molecule has 0 aliphatic heterocycles. The monoisotopic (exact) mass is 127 g/mol. The van der Waals surface area contributed by atoms with Gasteiger partial charge in [-0.25, -0.2) is 0 Å². The summed E-state index contributed by atoms with van der Waals surface area (Å²) in [6.07, 6.45) is 0. The summed E-state index contributed by atoms with van der Waals surface area (Å²) in [4.78, 5) is 0.535. The predicted octanol–water partition coefficient (Wildman–Crippen LogP) is 2.46. The molecule has 0 aliphatic carbocycles. The van der Waals surface area contributed by atoms with E-state index in [0.29, 0.717) is 4.90 Å². The summed E-state index contributed by atoms with van der Waals surface area (Å²) in [5.74, 6) is 0. The molecule has 0 amide bonds. The van der Waals surface area contributed by atoms with Crippen molar-refractivity contribution in [3.63, 3.8) is 0 Å². The number of rotatable bonds is 1. The third-order valence-electron chi connectivity index (χ3n) is 0.764. The van der Waals surface area contributed by atoms with Gasteiger partial charge in [-0.05, 0) is 12.1 Å². The summed E-state index contributed by atoms with van der Waals surface area (Å²) < 4.78 is 11.6. The minimum atomic E-state index is 0.213. The lowest BCUT2D eigenvalue weighted by Crippen LogP contribution is -1.61. The normalized spacial score (nSPS) is 9.12. The standard InChI is InChI=1S/C6H4FS/c7-8-6-4-2-1-3-5-6/h1-4H. The van der Waals surface area contributed by atoms with Crippen molar-refractivity contribution in [2.24, 2.45) is 0 Å². The van der Waals surface area contributed by atoms with Crippen LogP contribution in [0.25, 0.3) is 0 Å².